The van der Waals surface area contributed by atoms with E-state index in [2.05, 4.69) is 22.4 Å². The average Bonchev–Trinajstić information content (AvgIpc) is 3.00. The van der Waals surface area contributed by atoms with Crippen molar-refractivity contribution in [1.29, 1.82) is 0 Å². The maximum Gasteiger partial charge on any atom is 0.219 e. The van der Waals surface area contributed by atoms with Crippen molar-refractivity contribution in [3.8, 4) is 5.75 Å². The van der Waals surface area contributed by atoms with Gasteiger partial charge in [0.2, 0.25) is 5.91 Å². The van der Waals surface area contributed by atoms with E-state index in [-0.39, 0.29) is 18.1 Å². The number of H-pyrrole nitrogens is 1. The van der Waals surface area contributed by atoms with Crippen LogP contribution in [0.5, 0.6) is 5.75 Å². The third-order valence-electron chi connectivity index (χ3n) is 4.45. The zero-order valence-corrected chi connectivity index (χ0v) is 13.2. The second-order valence-corrected chi connectivity index (χ2v) is 6.04. The smallest absolute Gasteiger partial charge is 0.219 e. The molecule has 118 valence electrons. The predicted molar refractivity (Wildman–Crippen MR) is 85.9 cm³/mol. The van der Waals surface area contributed by atoms with Gasteiger partial charge >= 0.3 is 0 Å². The Bertz CT molecular complexity index is 665. The van der Waals surface area contributed by atoms with Crippen LogP contribution in [0.15, 0.2) is 18.3 Å². The lowest BCUT2D eigenvalue weighted by molar-refractivity contribution is -0.121. The molecule has 0 saturated heterocycles. The maximum atomic E-state index is 11.6. The molecule has 1 heterocycles. The highest BCUT2D eigenvalue weighted by atomic mass is 16.5. The highest BCUT2D eigenvalue weighted by Crippen LogP contribution is 2.30. The fraction of sp³-hybridized carbons (Fsp3) is 0.529. The highest BCUT2D eigenvalue weighted by Gasteiger charge is 2.24. The zero-order valence-electron chi connectivity index (χ0n) is 13.2. The van der Waals surface area contributed by atoms with E-state index in [1.807, 2.05) is 25.3 Å². The van der Waals surface area contributed by atoms with Crippen molar-refractivity contribution in [2.24, 2.45) is 0 Å². The molecule has 2 N–H and O–H groups in total. The molecule has 22 heavy (non-hydrogen) atoms. The van der Waals surface area contributed by atoms with Gasteiger partial charge in [0.25, 0.3) is 0 Å². The molecule has 0 spiro atoms. The van der Waals surface area contributed by atoms with Gasteiger partial charge in [-0.1, -0.05) is 6.92 Å². The first-order valence-corrected chi connectivity index (χ1v) is 8.06. The van der Waals surface area contributed by atoms with E-state index in [4.69, 9.17) is 4.74 Å². The summed E-state index contributed by atoms with van der Waals surface area (Å²) in [5, 5.41) is 11.2. The molecule has 1 aliphatic rings. The van der Waals surface area contributed by atoms with Gasteiger partial charge in [-0.2, -0.15) is 5.10 Å². The van der Waals surface area contributed by atoms with Crippen LogP contribution in [0, 0.1) is 6.92 Å². The molecule has 1 aromatic carbocycles. The number of nitrogens with one attached hydrogen (secondary N) is 2. The summed E-state index contributed by atoms with van der Waals surface area (Å²) in [6, 6.07) is 4.25. The van der Waals surface area contributed by atoms with Crippen LogP contribution in [0.1, 0.15) is 44.6 Å². The molecular weight excluding hydrogens is 278 g/mol. The first-order chi connectivity index (χ1) is 10.7. The topological polar surface area (TPSA) is 67.0 Å². The molecule has 2 aromatic rings. The standard InChI is InChI=1S/C17H23N3O2/c1-3-17(21)19-12-5-4-6-13(9-12)22-16-8-7-15-14(11(16)2)10-18-20-15/h7-8,10,12-13H,3-6,9H2,1-2H3,(H,18,20)(H,19,21). The van der Waals surface area contributed by atoms with Crippen LogP contribution in [0.3, 0.4) is 0 Å². The number of carbonyl (C=O) groups is 1. The Kier molecular flexibility index (Phi) is 4.32. The average molecular weight is 301 g/mol. The van der Waals surface area contributed by atoms with E-state index in [0.29, 0.717) is 6.42 Å². The summed E-state index contributed by atoms with van der Waals surface area (Å²) in [6.07, 6.45) is 6.60. The number of fused-ring (bicyclic) bond motifs is 1. The van der Waals surface area contributed by atoms with E-state index >= 15 is 0 Å². The largest absolute Gasteiger partial charge is 0.490 e. The Morgan fingerprint density at radius 2 is 2.32 bits per heavy atom. The summed E-state index contributed by atoms with van der Waals surface area (Å²) in [5.74, 6) is 1.04. The third kappa shape index (κ3) is 3.08. The van der Waals surface area contributed by atoms with Crippen molar-refractivity contribution in [3.05, 3.63) is 23.9 Å². The number of ether oxygens (including phenoxy) is 1. The number of rotatable bonds is 4. The number of aryl methyl sites for hydroxylation is 1. The SMILES string of the molecule is CCC(=O)NC1CCCC(Oc2ccc3[nH]ncc3c2C)C1. The molecule has 0 aliphatic heterocycles. The molecule has 1 aromatic heterocycles. The summed E-state index contributed by atoms with van der Waals surface area (Å²) in [5.41, 5.74) is 2.15. The summed E-state index contributed by atoms with van der Waals surface area (Å²) in [7, 11) is 0. The van der Waals surface area contributed by atoms with Gasteiger partial charge in [-0.3, -0.25) is 9.89 Å². The van der Waals surface area contributed by atoms with Crippen molar-refractivity contribution in [2.75, 3.05) is 0 Å². The highest BCUT2D eigenvalue weighted by molar-refractivity contribution is 5.83. The summed E-state index contributed by atoms with van der Waals surface area (Å²) >= 11 is 0. The molecule has 1 aliphatic carbocycles. The molecule has 1 amide bonds. The van der Waals surface area contributed by atoms with E-state index in [1.165, 1.54) is 0 Å². The number of amides is 1. The Balaban J connectivity index is 1.68. The fourth-order valence-corrected chi connectivity index (χ4v) is 3.16. The molecule has 2 unspecified atom stereocenters. The Morgan fingerprint density at radius 1 is 1.45 bits per heavy atom. The number of hydrogen-bond donors (Lipinski definition) is 2. The minimum Gasteiger partial charge on any atom is -0.490 e. The molecular formula is C17H23N3O2. The van der Waals surface area contributed by atoms with Gasteiger partial charge in [0.05, 0.1) is 11.7 Å². The van der Waals surface area contributed by atoms with Crippen molar-refractivity contribution < 1.29 is 9.53 Å². The number of carbonyl (C=O) groups excluding carboxylic acids is 1. The predicted octanol–water partition coefficient (Wildman–Crippen LogP) is 3.09. The molecule has 3 rings (SSSR count). The Morgan fingerprint density at radius 3 is 3.14 bits per heavy atom. The molecule has 0 radical (unpaired) electrons. The lowest BCUT2D eigenvalue weighted by Crippen LogP contribution is -2.41. The molecule has 5 nitrogen and oxygen atoms in total. The van der Waals surface area contributed by atoms with Gasteiger partial charge in [0, 0.05) is 29.8 Å². The second-order valence-electron chi connectivity index (χ2n) is 6.04. The quantitative estimate of drug-likeness (QED) is 0.912. The Hall–Kier alpha value is -2.04. The number of benzene rings is 1. The number of nitrogens with zero attached hydrogens (tertiary/aromatic N) is 1. The summed E-state index contributed by atoms with van der Waals surface area (Å²) in [4.78, 5) is 11.6. The van der Waals surface area contributed by atoms with E-state index in [9.17, 15) is 4.79 Å². The van der Waals surface area contributed by atoms with Gasteiger partial charge in [-0.25, -0.2) is 0 Å². The van der Waals surface area contributed by atoms with Gasteiger partial charge in [-0.15, -0.1) is 0 Å². The van der Waals surface area contributed by atoms with Crippen molar-refractivity contribution in [1.82, 2.24) is 15.5 Å². The van der Waals surface area contributed by atoms with Crippen LogP contribution in [-0.4, -0.2) is 28.3 Å². The molecule has 1 saturated carbocycles. The van der Waals surface area contributed by atoms with Gasteiger partial charge in [-0.05, 0) is 38.3 Å². The first-order valence-electron chi connectivity index (χ1n) is 8.06. The second kappa shape index (κ2) is 6.38. The molecule has 0 bridgehead atoms. The summed E-state index contributed by atoms with van der Waals surface area (Å²) < 4.78 is 6.22. The lowest BCUT2D eigenvalue weighted by atomic mass is 9.92. The zero-order chi connectivity index (χ0) is 15.5. The first kappa shape index (κ1) is 14.9. The van der Waals surface area contributed by atoms with Crippen molar-refractivity contribution in [2.45, 2.75) is 58.1 Å². The minimum atomic E-state index is 0.127. The number of hydrogen-bond acceptors (Lipinski definition) is 3. The van der Waals surface area contributed by atoms with Crippen LogP contribution in [-0.2, 0) is 4.79 Å². The molecule has 2 atom stereocenters. The van der Waals surface area contributed by atoms with Crippen LogP contribution in [0.4, 0.5) is 0 Å². The van der Waals surface area contributed by atoms with Crippen LogP contribution >= 0.6 is 0 Å². The fourth-order valence-electron chi connectivity index (χ4n) is 3.16. The lowest BCUT2D eigenvalue weighted by Gasteiger charge is -2.30. The Labute approximate surface area is 130 Å². The van der Waals surface area contributed by atoms with Crippen LogP contribution in [0.2, 0.25) is 0 Å². The maximum absolute atomic E-state index is 11.6. The third-order valence-corrected chi connectivity index (χ3v) is 4.45. The van der Waals surface area contributed by atoms with Gasteiger partial charge in [0.15, 0.2) is 0 Å². The molecule has 5 heteroatoms. The monoisotopic (exact) mass is 301 g/mol. The van der Waals surface area contributed by atoms with Gasteiger partial charge in [0.1, 0.15) is 11.9 Å². The minimum absolute atomic E-state index is 0.127. The van der Waals surface area contributed by atoms with E-state index in [0.717, 1.165) is 47.9 Å². The van der Waals surface area contributed by atoms with E-state index in [1.54, 1.807) is 0 Å². The van der Waals surface area contributed by atoms with E-state index < -0.39 is 0 Å². The number of aromatic nitrogens is 2. The van der Waals surface area contributed by atoms with Crippen molar-refractivity contribution in [3.63, 3.8) is 0 Å². The number of aromatic amines is 1. The summed E-state index contributed by atoms with van der Waals surface area (Å²) in [6.45, 7) is 3.95. The van der Waals surface area contributed by atoms with Crippen LogP contribution < -0.4 is 10.1 Å². The van der Waals surface area contributed by atoms with Crippen molar-refractivity contribution >= 4 is 16.8 Å². The molecule has 1 fully saturated rings. The van der Waals surface area contributed by atoms with Crippen LogP contribution in [0.25, 0.3) is 10.9 Å². The van der Waals surface area contributed by atoms with Gasteiger partial charge < -0.3 is 10.1 Å². The normalized spacial score (nSPS) is 21.7.